The number of halogens is 1. The molecule has 32 heavy (non-hydrogen) atoms. The summed E-state index contributed by atoms with van der Waals surface area (Å²) in [5.74, 6) is 1.64. The molecular weight excluding hydrogens is 413 g/mol. The van der Waals surface area contributed by atoms with E-state index in [0.29, 0.717) is 47.8 Å². The number of hydrogen-bond acceptors (Lipinski definition) is 7. The quantitative estimate of drug-likeness (QED) is 0.741. The molecule has 1 saturated carbocycles. The van der Waals surface area contributed by atoms with Crippen LogP contribution in [0.1, 0.15) is 0 Å². The van der Waals surface area contributed by atoms with Crippen molar-refractivity contribution in [3.05, 3.63) is 60.2 Å². The summed E-state index contributed by atoms with van der Waals surface area (Å²) < 4.78 is 20.4. The zero-order valence-corrected chi connectivity index (χ0v) is 17.3. The lowest BCUT2D eigenvalue weighted by Crippen LogP contribution is -2.35. The van der Waals surface area contributed by atoms with E-state index in [1.807, 2.05) is 12.1 Å². The summed E-state index contributed by atoms with van der Waals surface area (Å²) in [6.07, 6.45) is 4.23. The SMILES string of the molecule is NC1[C@H]2CN(c3ccc(-c4ccc(N5C[C@H](CN6C=C[N-]N6)OC5=O)cc4F)cn3)C[C@@H]12. The smallest absolute Gasteiger partial charge is 0.414 e. The molecule has 1 aromatic carbocycles. The second kappa shape index (κ2) is 7.35. The molecule has 4 heterocycles. The largest absolute Gasteiger partial charge is 0.609 e. The molecule has 6 rings (SSSR count). The van der Waals surface area contributed by atoms with Gasteiger partial charge in [-0.05, 0) is 48.4 Å². The maximum atomic E-state index is 15.0. The highest BCUT2D eigenvalue weighted by Gasteiger charge is 2.53. The molecule has 10 heteroatoms. The first-order chi connectivity index (χ1) is 15.6. The number of aromatic nitrogens is 1. The summed E-state index contributed by atoms with van der Waals surface area (Å²) in [5, 5.41) is 1.72. The van der Waals surface area contributed by atoms with Crippen molar-refractivity contribution in [2.45, 2.75) is 12.1 Å². The highest BCUT2D eigenvalue weighted by molar-refractivity contribution is 5.90. The Morgan fingerprint density at radius 2 is 2.06 bits per heavy atom. The number of ether oxygens (including phenoxy) is 1. The number of piperidine rings is 1. The molecule has 3 aliphatic heterocycles. The van der Waals surface area contributed by atoms with Crippen LogP contribution in [-0.2, 0) is 4.74 Å². The highest BCUT2D eigenvalue weighted by atomic mass is 19.1. The maximum absolute atomic E-state index is 15.0. The van der Waals surface area contributed by atoms with Crippen molar-refractivity contribution in [1.82, 2.24) is 15.5 Å². The summed E-state index contributed by atoms with van der Waals surface area (Å²) in [6.45, 7) is 2.66. The number of anilines is 2. The maximum Gasteiger partial charge on any atom is 0.414 e. The average Bonchev–Trinajstić information content (AvgIpc) is 3.30. The topological polar surface area (TPSA) is 101 Å². The molecule has 2 saturated heterocycles. The standard InChI is InChI=1S/C22H23FN7O2/c23-19-7-14(30-10-15(32-22(30)31)9-29-6-5-26-27-29)2-3-16(19)13-1-4-20(25-8-13)28-11-17-18(12-28)21(17)24/h1-8,15,17-18,21,27H,9-12,24H2/q-1/t15-,17-,18+,21?/m0/s1. The number of rotatable bonds is 5. The van der Waals surface area contributed by atoms with Crippen LogP contribution in [-0.4, -0.2) is 54.4 Å². The monoisotopic (exact) mass is 436 g/mol. The predicted molar refractivity (Wildman–Crippen MR) is 117 cm³/mol. The molecule has 1 aromatic heterocycles. The van der Waals surface area contributed by atoms with Crippen molar-refractivity contribution in [2.75, 3.05) is 36.0 Å². The number of nitrogens with two attached hydrogens (primary N) is 1. The number of nitrogens with one attached hydrogen (secondary N) is 1. The lowest BCUT2D eigenvalue weighted by molar-refractivity contribution is 0.115. The minimum Gasteiger partial charge on any atom is -0.609 e. The van der Waals surface area contributed by atoms with Gasteiger partial charge >= 0.3 is 6.09 Å². The molecule has 1 aliphatic carbocycles. The molecule has 0 bridgehead atoms. The number of nitrogens with zero attached hydrogens (tertiary/aromatic N) is 5. The third-order valence-corrected chi connectivity index (χ3v) is 6.69. The lowest BCUT2D eigenvalue weighted by Gasteiger charge is -2.24. The second-order valence-corrected chi connectivity index (χ2v) is 8.68. The molecule has 2 aromatic rings. The Kier molecular flexibility index (Phi) is 4.44. The normalized spacial score (nSPS) is 28.2. The van der Waals surface area contributed by atoms with Gasteiger partial charge in [0.05, 0.1) is 18.8 Å². The number of carbonyl (C=O) groups excluding carboxylic acids is 1. The van der Waals surface area contributed by atoms with Crippen molar-refractivity contribution in [1.29, 1.82) is 0 Å². The van der Waals surface area contributed by atoms with Gasteiger partial charge in [0, 0.05) is 36.5 Å². The van der Waals surface area contributed by atoms with E-state index >= 15 is 0 Å². The number of cyclic esters (lactones) is 1. The Morgan fingerprint density at radius 1 is 1.22 bits per heavy atom. The highest BCUT2D eigenvalue weighted by Crippen LogP contribution is 2.45. The van der Waals surface area contributed by atoms with Crippen LogP contribution in [0.25, 0.3) is 16.6 Å². The van der Waals surface area contributed by atoms with Crippen LogP contribution in [0.15, 0.2) is 48.9 Å². The number of hydrazine groups is 1. The fourth-order valence-corrected chi connectivity index (χ4v) is 4.80. The van der Waals surface area contributed by atoms with Crippen molar-refractivity contribution in [3.8, 4) is 11.1 Å². The van der Waals surface area contributed by atoms with Crippen molar-refractivity contribution in [3.63, 3.8) is 0 Å². The van der Waals surface area contributed by atoms with E-state index in [1.165, 1.54) is 11.0 Å². The molecule has 1 unspecified atom stereocenters. The molecule has 0 spiro atoms. The fourth-order valence-electron chi connectivity index (χ4n) is 4.80. The van der Waals surface area contributed by atoms with Crippen molar-refractivity contribution in [2.24, 2.45) is 17.6 Å². The third-order valence-electron chi connectivity index (χ3n) is 6.69. The van der Waals surface area contributed by atoms with Crippen LogP contribution in [0.3, 0.4) is 0 Å². The first kappa shape index (κ1) is 19.3. The van der Waals surface area contributed by atoms with E-state index in [2.05, 4.69) is 20.8 Å². The summed E-state index contributed by atoms with van der Waals surface area (Å²) in [7, 11) is 0. The van der Waals surface area contributed by atoms with Crippen molar-refractivity contribution < 1.29 is 13.9 Å². The molecule has 1 amide bonds. The van der Waals surface area contributed by atoms with Crippen molar-refractivity contribution >= 4 is 17.6 Å². The summed E-state index contributed by atoms with van der Waals surface area (Å²) >= 11 is 0. The minimum absolute atomic E-state index is 0.335. The Morgan fingerprint density at radius 3 is 2.75 bits per heavy atom. The minimum atomic E-state index is -0.489. The molecular formula is C22H23FN7O2-. The van der Waals surface area contributed by atoms with Gasteiger partial charge in [-0.2, -0.15) is 0 Å². The van der Waals surface area contributed by atoms with Crippen LogP contribution >= 0.6 is 0 Å². The van der Waals surface area contributed by atoms with Crippen LogP contribution in [0.2, 0.25) is 0 Å². The molecule has 4 aliphatic rings. The first-order valence-electron chi connectivity index (χ1n) is 10.7. The summed E-state index contributed by atoms with van der Waals surface area (Å²) in [4.78, 5) is 20.5. The van der Waals surface area contributed by atoms with E-state index in [1.54, 1.807) is 35.7 Å². The zero-order valence-electron chi connectivity index (χ0n) is 17.3. The molecule has 3 fully saturated rings. The first-order valence-corrected chi connectivity index (χ1v) is 10.7. The van der Waals surface area contributed by atoms with Gasteiger partial charge in [0.1, 0.15) is 17.7 Å². The molecule has 166 valence electrons. The van der Waals surface area contributed by atoms with E-state index in [-0.39, 0.29) is 6.10 Å². The van der Waals surface area contributed by atoms with Crippen LogP contribution in [0.5, 0.6) is 0 Å². The van der Waals surface area contributed by atoms with Gasteiger partial charge in [-0.3, -0.25) is 4.90 Å². The van der Waals surface area contributed by atoms with Crippen LogP contribution < -0.4 is 21.1 Å². The van der Waals surface area contributed by atoms with Gasteiger partial charge in [-0.1, -0.05) is 0 Å². The van der Waals surface area contributed by atoms with Crippen LogP contribution in [0, 0.1) is 17.7 Å². The number of amides is 1. The molecule has 4 atom stereocenters. The number of pyridine rings is 1. The Hall–Kier alpha value is -3.37. The predicted octanol–water partition coefficient (Wildman–Crippen LogP) is 2.19. The summed E-state index contributed by atoms with van der Waals surface area (Å²) in [5.41, 5.74) is 14.2. The number of carbonyl (C=O) groups is 1. The van der Waals surface area contributed by atoms with E-state index in [4.69, 9.17) is 10.5 Å². The second-order valence-electron chi connectivity index (χ2n) is 8.68. The van der Waals surface area contributed by atoms with E-state index < -0.39 is 11.9 Å². The number of hydrogen-bond donors (Lipinski definition) is 2. The fraction of sp³-hybridized carbons (Fsp3) is 0.364. The Balaban J connectivity index is 1.14. The van der Waals surface area contributed by atoms with Gasteiger partial charge < -0.3 is 31.3 Å². The summed E-state index contributed by atoms with van der Waals surface area (Å²) in [6, 6.07) is 8.92. The van der Waals surface area contributed by atoms with Gasteiger partial charge in [-0.25, -0.2) is 14.2 Å². The molecule has 0 radical (unpaired) electrons. The van der Waals surface area contributed by atoms with Gasteiger partial charge in [-0.15, -0.1) is 6.20 Å². The Bertz CT molecular complexity index is 1070. The zero-order chi connectivity index (χ0) is 21.8. The van der Waals surface area contributed by atoms with E-state index in [9.17, 15) is 9.18 Å². The number of benzene rings is 1. The van der Waals surface area contributed by atoms with Crippen LogP contribution in [0.4, 0.5) is 20.7 Å². The average molecular weight is 436 g/mol. The van der Waals surface area contributed by atoms with Gasteiger partial charge in [0.2, 0.25) is 0 Å². The lowest BCUT2D eigenvalue weighted by atomic mass is 10.1. The number of fused-ring (bicyclic) bond motifs is 1. The molecule has 9 nitrogen and oxygen atoms in total. The van der Waals surface area contributed by atoms with Gasteiger partial charge in [0.15, 0.2) is 0 Å². The van der Waals surface area contributed by atoms with Gasteiger partial charge in [0.25, 0.3) is 0 Å². The molecule has 3 N–H and O–H groups in total. The Labute approximate surface area is 184 Å². The van der Waals surface area contributed by atoms with E-state index in [0.717, 1.165) is 18.9 Å². The third kappa shape index (κ3) is 3.32.